The minimum Gasteiger partial charge on any atom is -0.381 e. The molecular formula is C77H63Br2LiO5. The Hall–Kier alpha value is -7.02. The van der Waals surface area contributed by atoms with E-state index in [1.807, 2.05) is 48.5 Å². The summed E-state index contributed by atoms with van der Waals surface area (Å²) in [7, 11) is 0. The molecule has 0 aromatic heterocycles. The number of benzene rings is 10. The molecule has 85 heavy (non-hydrogen) atoms. The predicted octanol–water partition coefficient (Wildman–Crippen LogP) is 14.8. The molecule has 8 heteroatoms. The Kier molecular flexibility index (Phi) is 15.1. The largest absolute Gasteiger partial charge is 1.00 e. The minimum absolute atomic E-state index is 0. The summed E-state index contributed by atoms with van der Waals surface area (Å²) < 4.78 is 6.59. The van der Waals surface area contributed by atoms with Crippen molar-refractivity contribution in [2.45, 2.75) is 81.8 Å². The number of aliphatic hydroxyl groups is 2. The molecule has 416 valence electrons. The SMILES string of the molecule is C1CCOC1.CC1(C)c2c[c-]ccc2-c2ccccc21.CC1(C)c2ccccc2-c2ccc(C3(O)c4ccccc4C(O)(c4ccc5c(c4)C(C)(C)c4ccccc4-5)c4cc(Br)ccc43)cc21.O=C1c2ccccc2C(=O)c2cc(Br)ccc21.[Li+]. The van der Waals surface area contributed by atoms with Crippen molar-refractivity contribution in [3.63, 3.8) is 0 Å². The number of ketones is 2. The fourth-order valence-electron chi connectivity index (χ4n) is 14.2. The second-order valence-electron chi connectivity index (χ2n) is 24.4. The van der Waals surface area contributed by atoms with Crippen LogP contribution >= 0.6 is 31.9 Å². The normalized spacial score (nSPS) is 19.0. The minimum atomic E-state index is -1.51. The maximum absolute atomic E-state index is 13.3. The monoisotopic (exact) mass is 1230 g/mol. The van der Waals surface area contributed by atoms with Gasteiger partial charge in [0.15, 0.2) is 11.6 Å². The van der Waals surface area contributed by atoms with Crippen LogP contribution in [0.1, 0.15) is 153 Å². The van der Waals surface area contributed by atoms with Gasteiger partial charge in [-0.3, -0.25) is 9.59 Å². The third-order valence-corrected chi connectivity index (χ3v) is 19.6. The van der Waals surface area contributed by atoms with E-state index in [-0.39, 0.29) is 46.7 Å². The Balaban J connectivity index is 0.000000150. The molecule has 0 bridgehead atoms. The molecule has 0 radical (unpaired) electrons. The van der Waals surface area contributed by atoms with Crippen LogP contribution in [0.25, 0.3) is 33.4 Å². The average Bonchev–Trinajstić information content (AvgIpc) is 0.907. The van der Waals surface area contributed by atoms with Gasteiger partial charge < -0.3 is 14.9 Å². The third kappa shape index (κ3) is 9.28. The van der Waals surface area contributed by atoms with Crippen LogP contribution in [0.3, 0.4) is 0 Å². The molecule has 5 nitrogen and oxygen atoms in total. The molecule has 10 aromatic carbocycles. The number of carbonyl (C=O) groups excluding carboxylic acids is 2. The van der Waals surface area contributed by atoms with Gasteiger partial charge in [-0.05, 0) is 132 Å². The average molecular weight is 1240 g/mol. The first-order valence-corrected chi connectivity index (χ1v) is 30.5. The number of fused-ring (bicyclic) bond motifs is 13. The summed E-state index contributed by atoms with van der Waals surface area (Å²) >= 11 is 7.03. The van der Waals surface area contributed by atoms with Crippen LogP contribution in [0.4, 0.5) is 0 Å². The molecular weight excluding hydrogens is 1170 g/mol. The molecule has 16 rings (SSSR count). The number of rotatable bonds is 2. The van der Waals surface area contributed by atoms with Crippen molar-refractivity contribution in [3.05, 3.63) is 316 Å². The first kappa shape index (κ1) is 58.4. The molecule has 5 aliphatic carbocycles. The third-order valence-electron chi connectivity index (χ3n) is 18.6. The zero-order valence-corrected chi connectivity index (χ0v) is 52.1. The van der Waals surface area contributed by atoms with Crippen molar-refractivity contribution in [1.29, 1.82) is 0 Å². The van der Waals surface area contributed by atoms with Gasteiger partial charge in [-0.2, -0.15) is 24.3 Å². The molecule has 1 aliphatic heterocycles. The van der Waals surface area contributed by atoms with Crippen LogP contribution in [0, 0.1) is 6.07 Å². The van der Waals surface area contributed by atoms with Gasteiger partial charge >= 0.3 is 18.9 Å². The van der Waals surface area contributed by atoms with Crippen molar-refractivity contribution in [2.24, 2.45) is 0 Å². The maximum Gasteiger partial charge on any atom is 1.00 e. The van der Waals surface area contributed by atoms with Crippen LogP contribution in [0.2, 0.25) is 0 Å². The molecule has 0 saturated carbocycles. The van der Waals surface area contributed by atoms with E-state index in [2.05, 4.69) is 201 Å². The summed E-state index contributed by atoms with van der Waals surface area (Å²) in [6.07, 6.45) is 2.56. The van der Waals surface area contributed by atoms with E-state index >= 15 is 0 Å². The van der Waals surface area contributed by atoms with Crippen LogP contribution in [0.5, 0.6) is 0 Å². The number of carbonyl (C=O) groups is 2. The van der Waals surface area contributed by atoms with Gasteiger partial charge in [-0.1, -0.05) is 237 Å². The Morgan fingerprint density at radius 1 is 0.365 bits per heavy atom. The zero-order chi connectivity index (χ0) is 58.5. The van der Waals surface area contributed by atoms with E-state index in [1.54, 1.807) is 42.5 Å². The van der Waals surface area contributed by atoms with Crippen LogP contribution in [-0.2, 0) is 32.2 Å². The van der Waals surface area contributed by atoms with Gasteiger partial charge in [0, 0.05) is 60.8 Å². The predicted molar refractivity (Wildman–Crippen MR) is 343 cm³/mol. The molecule has 2 N–H and O–H groups in total. The summed E-state index contributed by atoms with van der Waals surface area (Å²) in [5, 5.41) is 26.6. The fraction of sp³-hybridized carbons (Fsp3) is 0.195. The smallest absolute Gasteiger partial charge is 0.381 e. The first-order valence-electron chi connectivity index (χ1n) is 28.9. The summed E-state index contributed by atoms with van der Waals surface area (Å²) in [6, 6.07) is 74.1. The summed E-state index contributed by atoms with van der Waals surface area (Å²) in [4.78, 5) is 24.4. The molecule has 2 unspecified atom stereocenters. The molecule has 1 fully saturated rings. The van der Waals surface area contributed by atoms with Crippen LogP contribution < -0.4 is 18.9 Å². The van der Waals surface area contributed by atoms with Crippen molar-refractivity contribution < 1.29 is 43.4 Å². The fourth-order valence-corrected chi connectivity index (χ4v) is 14.9. The van der Waals surface area contributed by atoms with Gasteiger partial charge in [-0.25, -0.2) is 0 Å². The number of hydrogen-bond donors (Lipinski definition) is 2. The van der Waals surface area contributed by atoms with Gasteiger partial charge in [0.25, 0.3) is 0 Å². The Morgan fingerprint density at radius 2 is 0.718 bits per heavy atom. The topological polar surface area (TPSA) is 83.8 Å². The van der Waals surface area contributed by atoms with Gasteiger partial charge in [-0.15, -0.1) is 11.1 Å². The Morgan fingerprint density at radius 3 is 1.20 bits per heavy atom. The maximum atomic E-state index is 13.3. The standard InChI is InChI=1S/C44H35BrO2.C15H13.C14H7BrO2.C4H8O.Li/c1-41(2)33-13-7-5-11-29(33)31-20-17-26(23-38(31)41)43(46)35-15-9-10-16-36(35)44(47,40-25-28(45)19-22-37(40)43)27-18-21-32-30-12-6-8-14-34(30)42(3,4)39(32)24-27;1-15(2)13-9-5-3-7-11(13)12-8-4-6-10-14(12)15;15-8-5-6-11-12(7-8)14(17)10-4-2-1-3-9(10)13(11)16;1-2-4-5-3-1;/h5-25,46-47H,1-4H3;3-5,7-10H,1-2H3;1-7H;1-4H2;/q;-1;;;+1. The van der Waals surface area contributed by atoms with Crippen molar-refractivity contribution in [3.8, 4) is 33.4 Å². The van der Waals surface area contributed by atoms with Gasteiger partial charge in [0.1, 0.15) is 11.2 Å². The van der Waals surface area contributed by atoms with Crippen LogP contribution in [-0.4, -0.2) is 35.0 Å². The molecule has 1 heterocycles. The van der Waals surface area contributed by atoms with Crippen LogP contribution in [0.15, 0.2) is 221 Å². The molecule has 0 spiro atoms. The number of hydrogen-bond acceptors (Lipinski definition) is 5. The number of halogens is 2. The van der Waals surface area contributed by atoms with E-state index < -0.39 is 11.2 Å². The Labute approximate surface area is 527 Å². The van der Waals surface area contributed by atoms with E-state index in [1.165, 1.54) is 79.6 Å². The second kappa shape index (κ2) is 22.0. The van der Waals surface area contributed by atoms with E-state index in [0.29, 0.717) is 44.5 Å². The zero-order valence-electron chi connectivity index (χ0n) is 48.9. The van der Waals surface area contributed by atoms with Crippen molar-refractivity contribution in [1.82, 2.24) is 0 Å². The molecule has 1 saturated heterocycles. The quantitative estimate of drug-likeness (QED) is 0.133. The second-order valence-corrected chi connectivity index (χ2v) is 26.2. The van der Waals surface area contributed by atoms with Crippen molar-refractivity contribution in [2.75, 3.05) is 13.2 Å². The molecule has 6 aliphatic rings. The van der Waals surface area contributed by atoms with E-state index in [4.69, 9.17) is 4.74 Å². The van der Waals surface area contributed by atoms with Gasteiger partial charge in [0.05, 0.1) is 0 Å². The molecule has 10 aromatic rings. The van der Waals surface area contributed by atoms with Crippen molar-refractivity contribution >= 4 is 43.4 Å². The molecule has 2 atom stereocenters. The number of ether oxygens (including phenoxy) is 1. The summed E-state index contributed by atoms with van der Waals surface area (Å²) in [5.74, 6) is -0.167. The Bertz CT molecular complexity index is 4290. The van der Waals surface area contributed by atoms with E-state index in [9.17, 15) is 19.8 Å². The van der Waals surface area contributed by atoms with E-state index in [0.717, 1.165) is 33.3 Å². The molecule has 0 amide bonds. The summed E-state index contributed by atoms with van der Waals surface area (Å²) in [5.41, 5.74) is 18.4. The van der Waals surface area contributed by atoms with Gasteiger partial charge in [0.2, 0.25) is 0 Å². The first-order chi connectivity index (χ1) is 40.4. The summed E-state index contributed by atoms with van der Waals surface area (Å²) in [6.45, 7) is 15.6.